The number of benzene rings is 2. The maximum absolute atomic E-state index is 11.8. The van der Waals surface area contributed by atoms with Crippen LogP contribution < -0.4 is 0 Å². The fourth-order valence-corrected chi connectivity index (χ4v) is 1.60. The summed E-state index contributed by atoms with van der Waals surface area (Å²) in [5, 5.41) is 15.8. The second-order valence-corrected chi connectivity index (χ2v) is 4.05. The average Bonchev–Trinajstić information content (AvgIpc) is 2.29. The first-order valence-electron chi connectivity index (χ1n) is 5.47. The third kappa shape index (κ3) is 2.91. The van der Waals surface area contributed by atoms with Crippen LogP contribution in [0.15, 0.2) is 53.6 Å². The number of azo groups is 1. The summed E-state index contributed by atoms with van der Waals surface area (Å²) in [6.45, 7) is 3.92. The van der Waals surface area contributed by atoms with E-state index in [1.807, 2.05) is 56.3 Å². The van der Waals surface area contributed by atoms with Crippen molar-refractivity contribution in [2.24, 2.45) is 5.11 Å². The average molecular weight is 226 g/mol. The molecule has 0 fully saturated rings. The third-order valence-corrected chi connectivity index (χ3v) is 2.43. The van der Waals surface area contributed by atoms with Crippen LogP contribution in [0.25, 0.3) is 0 Å². The molecule has 0 amide bonds. The summed E-state index contributed by atoms with van der Waals surface area (Å²) in [6, 6.07) is 14.9. The molecule has 0 spiro atoms. The molecule has 2 aromatic rings. The highest BCUT2D eigenvalue weighted by molar-refractivity contribution is 5.39. The Morgan fingerprint density at radius 2 is 1.59 bits per heavy atom. The highest BCUT2D eigenvalue weighted by Gasteiger charge is 2.03. The molecule has 2 rings (SSSR count). The quantitative estimate of drug-likeness (QED) is 0.429. The first kappa shape index (κ1) is 11.3. The predicted molar refractivity (Wildman–Crippen MR) is 67.7 cm³/mol. The number of aryl methyl sites for hydroxylation is 2. The number of rotatable bonds is 2. The van der Waals surface area contributed by atoms with Crippen molar-refractivity contribution in [1.82, 2.24) is 0 Å². The van der Waals surface area contributed by atoms with E-state index in [2.05, 4.69) is 5.11 Å². The molecule has 86 valence electrons. The molecule has 0 aliphatic carbocycles. The van der Waals surface area contributed by atoms with Gasteiger partial charge < -0.3 is 5.21 Å². The molecule has 0 N–H and O–H groups in total. The molecular formula is C14H14N2O. The van der Waals surface area contributed by atoms with Crippen LogP contribution in [0.4, 0.5) is 11.4 Å². The van der Waals surface area contributed by atoms with Crippen LogP contribution in [-0.4, -0.2) is 4.86 Å². The number of nitrogens with zero attached hydrogens (tertiary/aromatic N) is 2. The molecule has 0 radical (unpaired) electrons. The molecule has 0 aliphatic heterocycles. The molecule has 0 bridgehead atoms. The Balaban J connectivity index is 2.34. The normalized spacial score (nSPS) is 11.5. The lowest BCUT2D eigenvalue weighted by atomic mass is 10.2. The minimum Gasteiger partial charge on any atom is -0.594 e. The summed E-state index contributed by atoms with van der Waals surface area (Å²) in [5.41, 5.74) is 3.35. The van der Waals surface area contributed by atoms with Crippen molar-refractivity contribution in [3.63, 3.8) is 0 Å². The van der Waals surface area contributed by atoms with E-state index in [0.717, 1.165) is 11.1 Å². The topological polar surface area (TPSA) is 38.4 Å². The summed E-state index contributed by atoms with van der Waals surface area (Å²) in [6.07, 6.45) is 0. The Bertz CT molecular complexity index is 562. The zero-order chi connectivity index (χ0) is 12.3. The van der Waals surface area contributed by atoms with Gasteiger partial charge in [-0.2, -0.15) is 0 Å². The molecule has 17 heavy (non-hydrogen) atoms. The second kappa shape index (κ2) is 4.78. The van der Waals surface area contributed by atoms with Crippen LogP contribution in [-0.2, 0) is 0 Å². The van der Waals surface area contributed by atoms with E-state index in [4.69, 9.17) is 0 Å². The van der Waals surface area contributed by atoms with E-state index in [1.165, 1.54) is 0 Å². The van der Waals surface area contributed by atoms with Crippen LogP contribution in [0, 0.1) is 19.1 Å². The Kier molecular flexibility index (Phi) is 3.19. The van der Waals surface area contributed by atoms with Crippen molar-refractivity contribution < 1.29 is 4.86 Å². The van der Waals surface area contributed by atoms with Crippen molar-refractivity contribution in [1.29, 1.82) is 0 Å². The molecule has 0 aliphatic rings. The monoisotopic (exact) mass is 226 g/mol. The highest BCUT2D eigenvalue weighted by atomic mass is 16.5. The smallest absolute Gasteiger partial charge is 0.245 e. The van der Waals surface area contributed by atoms with Crippen molar-refractivity contribution in [3.05, 3.63) is 64.9 Å². The summed E-state index contributed by atoms with van der Waals surface area (Å²) in [4.78, 5) is 0.655. The Labute approximate surface area is 101 Å². The lowest BCUT2D eigenvalue weighted by Crippen LogP contribution is -1.90. The van der Waals surface area contributed by atoms with E-state index in [-0.39, 0.29) is 0 Å². The number of hydrogen-bond acceptors (Lipinski definition) is 2. The maximum Gasteiger partial charge on any atom is 0.245 e. The zero-order valence-corrected chi connectivity index (χ0v) is 9.92. The van der Waals surface area contributed by atoms with Crippen LogP contribution in [0.5, 0.6) is 0 Å². The van der Waals surface area contributed by atoms with Gasteiger partial charge in [-0.3, -0.25) is 0 Å². The lowest BCUT2D eigenvalue weighted by Gasteiger charge is -2.00. The largest absolute Gasteiger partial charge is 0.594 e. The van der Waals surface area contributed by atoms with Crippen LogP contribution in [0.2, 0.25) is 0 Å². The van der Waals surface area contributed by atoms with E-state index in [1.54, 1.807) is 6.07 Å². The second-order valence-electron chi connectivity index (χ2n) is 4.05. The van der Waals surface area contributed by atoms with Crippen LogP contribution in [0.1, 0.15) is 11.1 Å². The van der Waals surface area contributed by atoms with Gasteiger partial charge in [-0.15, -0.1) is 0 Å². The Morgan fingerprint density at radius 3 is 2.24 bits per heavy atom. The van der Waals surface area contributed by atoms with E-state index < -0.39 is 0 Å². The minimum atomic E-state index is 0.548. The van der Waals surface area contributed by atoms with Crippen molar-refractivity contribution >= 4 is 11.4 Å². The highest BCUT2D eigenvalue weighted by Crippen LogP contribution is 2.19. The summed E-state index contributed by atoms with van der Waals surface area (Å²) < 4.78 is 0. The molecule has 3 heteroatoms. The molecular weight excluding hydrogens is 212 g/mol. The molecule has 2 aromatic carbocycles. The zero-order valence-electron chi connectivity index (χ0n) is 9.92. The first-order valence-corrected chi connectivity index (χ1v) is 5.47. The summed E-state index contributed by atoms with van der Waals surface area (Å²) in [7, 11) is 0. The molecule has 0 aromatic heterocycles. The van der Waals surface area contributed by atoms with Crippen molar-refractivity contribution in [2.45, 2.75) is 13.8 Å². The van der Waals surface area contributed by atoms with Gasteiger partial charge in [0.2, 0.25) is 5.69 Å². The lowest BCUT2D eigenvalue weighted by molar-refractivity contribution is -0.435. The first-order chi connectivity index (χ1) is 8.15. The molecule has 0 unspecified atom stereocenters. The van der Waals surface area contributed by atoms with Gasteiger partial charge in [-0.1, -0.05) is 29.1 Å². The van der Waals surface area contributed by atoms with Gasteiger partial charge in [-0.05, 0) is 37.1 Å². The summed E-state index contributed by atoms with van der Waals surface area (Å²) >= 11 is 0. The standard InChI is InChI=1S/C14H14N2O/c1-11-5-3-7-13(9-11)15-16(17)14-8-4-6-12(2)10-14/h3-10H,1-2H3. The summed E-state index contributed by atoms with van der Waals surface area (Å²) in [5.74, 6) is 0. The SMILES string of the molecule is Cc1cccc(N=[N+]([O-])c2cccc(C)c2)c1. The fraction of sp³-hybridized carbons (Fsp3) is 0.143. The minimum absolute atomic E-state index is 0.548. The van der Waals surface area contributed by atoms with Crippen molar-refractivity contribution in [2.75, 3.05) is 0 Å². The molecule has 3 nitrogen and oxygen atoms in total. The molecule has 0 saturated heterocycles. The van der Waals surface area contributed by atoms with Gasteiger partial charge in [-0.25, -0.2) is 0 Å². The maximum atomic E-state index is 11.8. The van der Waals surface area contributed by atoms with Gasteiger partial charge in [0.25, 0.3) is 0 Å². The molecule has 0 atom stereocenters. The van der Waals surface area contributed by atoms with Gasteiger partial charge >= 0.3 is 0 Å². The molecule has 0 saturated carbocycles. The van der Waals surface area contributed by atoms with E-state index in [9.17, 15) is 5.21 Å². The van der Waals surface area contributed by atoms with Crippen molar-refractivity contribution in [3.8, 4) is 0 Å². The van der Waals surface area contributed by atoms with Crippen LogP contribution in [0.3, 0.4) is 0 Å². The van der Waals surface area contributed by atoms with Gasteiger partial charge in [0, 0.05) is 17.2 Å². The third-order valence-electron chi connectivity index (χ3n) is 2.43. The van der Waals surface area contributed by atoms with E-state index in [0.29, 0.717) is 16.2 Å². The van der Waals surface area contributed by atoms with E-state index >= 15 is 0 Å². The molecule has 0 heterocycles. The predicted octanol–water partition coefficient (Wildman–Crippen LogP) is 4.23. The Morgan fingerprint density at radius 1 is 0.941 bits per heavy atom. The number of hydrogen-bond donors (Lipinski definition) is 0. The van der Waals surface area contributed by atoms with Gasteiger partial charge in [0.05, 0.1) is 0 Å². The fourth-order valence-electron chi connectivity index (χ4n) is 1.60. The van der Waals surface area contributed by atoms with Gasteiger partial charge in [0.1, 0.15) is 5.69 Å². The Hall–Kier alpha value is -2.16. The van der Waals surface area contributed by atoms with Gasteiger partial charge in [0.15, 0.2) is 0 Å². The van der Waals surface area contributed by atoms with Crippen LogP contribution >= 0.6 is 0 Å².